The van der Waals surface area contributed by atoms with Gasteiger partial charge in [0.1, 0.15) is 17.3 Å². The van der Waals surface area contributed by atoms with E-state index in [1.165, 1.54) is 12.1 Å². The number of nitro benzene ring substituents is 1. The molecule has 1 aromatic heterocycles. The highest BCUT2D eigenvalue weighted by Gasteiger charge is 2.18. The van der Waals surface area contributed by atoms with Crippen LogP contribution in [-0.4, -0.2) is 53.7 Å². The van der Waals surface area contributed by atoms with Gasteiger partial charge in [0.05, 0.1) is 29.9 Å². The third-order valence-electron chi connectivity index (χ3n) is 5.90. The first-order valence-electron chi connectivity index (χ1n) is 11.4. The van der Waals surface area contributed by atoms with E-state index >= 15 is 0 Å². The molecule has 10 nitrogen and oxygen atoms in total. The van der Waals surface area contributed by atoms with Gasteiger partial charge in [-0.1, -0.05) is 11.2 Å². The zero-order valence-electron chi connectivity index (χ0n) is 20.0. The lowest BCUT2D eigenvalue weighted by molar-refractivity contribution is -0.384. The highest BCUT2D eigenvalue weighted by molar-refractivity contribution is 5.91. The van der Waals surface area contributed by atoms with E-state index in [0.29, 0.717) is 65.9 Å². The van der Waals surface area contributed by atoms with E-state index in [4.69, 9.17) is 14.0 Å². The second-order valence-electron chi connectivity index (χ2n) is 8.50. The van der Waals surface area contributed by atoms with Crippen molar-refractivity contribution >= 4 is 17.3 Å². The van der Waals surface area contributed by atoms with Crippen LogP contribution >= 0.6 is 0 Å². The average Bonchev–Trinajstić information content (AvgIpc) is 3.18. The standard InChI is InChI=1S/C25H28N4O6/c1-16-4-5-21(15-23(16)26-24(30)6-7-28-8-10-33-11-9-28)34-22-13-19(12-20(14-22)29(31)32)25-17(2)27-35-18(25)3/h4-5,12-15H,6-11H2,1-3H3,(H,26,30). The second kappa shape index (κ2) is 10.7. The van der Waals surface area contributed by atoms with Gasteiger partial charge in [-0.15, -0.1) is 0 Å². The number of ether oxygens (including phenoxy) is 2. The van der Waals surface area contributed by atoms with Gasteiger partial charge in [0, 0.05) is 49.4 Å². The number of nitro groups is 1. The number of carbonyl (C=O) groups is 1. The van der Waals surface area contributed by atoms with Crippen LogP contribution in [-0.2, 0) is 9.53 Å². The van der Waals surface area contributed by atoms with Crippen molar-refractivity contribution in [2.45, 2.75) is 27.2 Å². The fourth-order valence-electron chi connectivity index (χ4n) is 4.02. The van der Waals surface area contributed by atoms with Crippen molar-refractivity contribution in [1.29, 1.82) is 0 Å². The Morgan fingerprint density at radius 2 is 1.91 bits per heavy atom. The van der Waals surface area contributed by atoms with E-state index in [9.17, 15) is 14.9 Å². The Hall–Kier alpha value is -3.76. The fraction of sp³-hybridized carbons (Fsp3) is 0.360. The Labute approximate surface area is 203 Å². The number of nitrogens with one attached hydrogen (secondary N) is 1. The fourth-order valence-corrected chi connectivity index (χ4v) is 4.02. The lowest BCUT2D eigenvalue weighted by Gasteiger charge is -2.26. The molecule has 0 bridgehead atoms. The van der Waals surface area contributed by atoms with Gasteiger partial charge in [-0.2, -0.15) is 0 Å². The summed E-state index contributed by atoms with van der Waals surface area (Å²) in [4.78, 5) is 25.8. The van der Waals surface area contributed by atoms with E-state index in [-0.39, 0.29) is 11.6 Å². The second-order valence-corrected chi connectivity index (χ2v) is 8.50. The lowest BCUT2D eigenvalue weighted by Crippen LogP contribution is -2.38. The molecule has 1 saturated heterocycles. The number of aryl methyl sites for hydroxylation is 3. The Morgan fingerprint density at radius 3 is 2.60 bits per heavy atom. The molecule has 2 aromatic carbocycles. The maximum Gasteiger partial charge on any atom is 0.273 e. The molecule has 1 amide bonds. The predicted octanol–water partition coefficient (Wildman–Crippen LogP) is 4.63. The number of benzene rings is 2. The molecule has 1 fully saturated rings. The van der Waals surface area contributed by atoms with Gasteiger partial charge >= 0.3 is 0 Å². The van der Waals surface area contributed by atoms with E-state index in [2.05, 4.69) is 15.4 Å². The Morgan fingerprint density at radius 1 is 1.14 bits per heavy atom. The monoisotopic (exact) mass is 480 g/mol. The van der Waals surface area contributed by atoms with Gasteiger partial charge in [0.2, 0.25) is 5.91 Å². The summed E-state index contributed by atoms with van der Waals surface area (Å²) in [6.07, 6.45) is 0.371. The maximum absolute atomic E-state index is 12.5. The van der Waals surface area contributed by atoms with Gasteiger partial charge in [0.15, 0.2) is 0 Å². The SMILES string of the molecule is Cc1ccc(Oc2cc(-c3c(C)noc3C)cc([N+](=O)[O-])c2)cc1NC(=O)CCN1CCOCC1. The number of hydrogen-bond acceptors (Lipinski definition) is 8. The number of non-ortho nitro benzene ring substituents is 1. The van der Waals surface area contributed by atoms with Crippen molar-refractivity contribution in [3.05, 3.63) is 63.5 Å². The number of aromatic nitrogens is 1. The number of amides is 1. The highest BCUT2D eigenvalue weighted by Crippen LogP contribution is 2.36. The molecule has 3 aromatic rings. The zero-order chi connectivity index (χ0) is 24.9. The molecular weight excluding hydrogens is 452 g/mol. The van der Waals surface area contributed by atoms with Crippen LogP contribution in [0.15, 0.2) is 40.9 Å². The molecule has 0 aliphatic carbocycles. The molecule has 0 saturated carbocycles. The first-order valence-corrected chi connectivity index (χ1v) is 11.4. The molecule has 184 valence electrons. The summed E-state index contributed by atoms with van der Waals surface area (Å²) in [6.45, 7) is 9.13. The quantitative estimate of drug-likeness (QED) is 0.366. The average molecular weight is 481 g/mol. The summed E-state index contributed by atoms with van der Waals surface area (Å²) < 4.78 is 16.6. The van der Waals surface area contributed by atoms with Gasteiger partial charge in [-0.3, -0.25) is 19.8 Å². The number of morpholine rings is 1. The van der Waals surface area contributed by atoms with Gasteiger partial charge in [-0.05, 0) is 44.0 Å². The normalized spacial score (nSPS) is 14.0. The van der Waals surface area contributed by atoms with E-state index < -0.39 is 4.92 Å². The first-order chi connectivity index (χ1) is 16.8. The molecule has 1 aliphatic rings. The number of carbonyl (C=O) groups excluding carboxylic acids is 1. The summed E-state index contributed by atoms with van der Waals surface area (Å²) in [5.41, 5.74) is 3.30. The summed E-state index contributed by atoms with van der Waals surface area (Å²) in [7, 11) is 0. The number of nitrogens with zero attached hydrogens (tertiary/aromatic N) is 3. The van der Waals surface area contributed by atoms with Crippen LogP contribution in [0.4, 0.5) is 11.4 Å². The smallest absolute Gasteiger partial charge is 0.273 e. The third-order valence-corrected chi connectivity index (χ3v) is 5.90. The van der Waals surface area contributed by atoms with Gasteiger partial charge in [0.25, 0.3) is 5.69 Å². The molecular formula is C25H28N4O6. The number of anilines is 1. The Kier molecular flexibility index (Phi) is 7.42. The number of rotatable bonds is 8. The van der Waals surface area contributed by atoms with Crippen LogP contribution < -0.4 is 10.1 Å². The highest BCUT2D eigenvalue weighted by atomic mass is 16.6. The summed E-state index contributed by atoms with van der Waals surface area (Å²) >= 11 is 0. The molecule has 1 N–H and O–H groups in total. The molecule has 2 heterocycles. The summed E-state index contributed by atoms with van der Waals surface area (Å²) in [5.74, 6) is 1.21. The van der Waals surface area contributed by atoms with Crippen molar-refractivity contribution in [3.8, 4) is 22.6 Å². The van der Waals surface area contributed by atoms with E-state index in [0.717, 1.165) is 18.7 Å². The Bertz CT molecular complexity index is 1210. The van der Waals surface area contributed by atoms with Crippen LogP contribution in [0.5, 0.6) is 11.5 Å². The van der Waals surface area contributed by atoms with Crippen molar-refractivity contribution in [2.75, 3.05) is 38.2 Å². The van der Waals surface area contributed by atoms with Crippen LogP contribution in [0.25, 0.3) is 11.1 Å². The molecule has 1 aliphatic heterocycles. The van der Waals surface area contributed by atoms with Gasteiger partial charge < -0.3 is 19.3 Å². The summed E-state index contributed by atoms with van der Waals surface area (Å²) in [5, 5.41) is 18.4. The zero-order valence-corrected chi connectivity index (χ0v) is 20.0. The number of hydrogen-bond donors (Lipinski definition) is 1. The topological polar surface area (TPSA) is 120 Å². The lowest BCUT2D eigenvalue weighted by atomic mass is 10.0. The van der Waals surface area contributed by atoms with Crippen LogP contribution in [0.2, 0.25) is 0 Å². The Balaban J connectivity index is 1.51. The van der Waals surface area contributed by atoms with Crippen LogP contribution in [0.3, 0.4) is 0 Å². The molecule has 10 heteroatoms. The third kappa shape index (κ3) is 6.03. The van der Waals surface area contributed by atoms with Crippen molar-refractivity contribution in [1.82, 2.24) is 10.1 Å². The molecule has 0 unspecified atom stereocenters. The minimum atomic E-state index is -0.468. The minimum Gasteiger partial charge on any atom is -0.457 e. The summed E-state index contributed by atoms with van der Waals surface area (Å²) in [6, 6.07) is 9.85. The maximum atomic E-state index is 12.5. The molecule has 4 rings (SSSR count). The van der Waals surface area contributed by atoms with E-state index in [1.54, 1.807) is 32.0 Å². The van der Waals surface area contributed by atoms with E-state index in [1.807, 2.05) is 13.0 Å². The van der Waals surface area contributed by atoms with Crippen LogP contribution in [0, 0.1) is 30.9 Å². The predicted molar refractivity (Wildman–Crippen MR) is 130 cm³/mol. The van der Waals surface area contributed by atoms with Crippen molar-refractivity contribution in [2.24, 2.45) is 0 Å². The van der Waals surface area contributed by atoms with Crippen LogP contribution in [0.1, 0.15) is 23.4 Å². The van der Waals surface area contributed by atoms with Crippen molar-refractivity contribution in [3.63, 3.8) is 0 Å². The van der Waals surface area contributed by atoms with Crippen molar-refractivity contribution < 1.29 is 23.7 Å². The van der Waals surface area contributed by atoms with Gasteiger partial charge in [-0.25, -0.2) is 0 Å². The first kappa shape index (κ1) is 24.4. The molecule has 0 radical (unpaired) electrons. The largest absolute Gasteiger partial charge is 0.457 e. The molecule has 0 spiro atoms. The molecule has 0 atom stereocenters. The molecule has 35 heavy (non-hydrogen) atoms. The minimum absolute atomic E-state index is 0.0900.